The molecule has 1 aromatic rings. The first-order chi connectivity index (χ1) is 8.77. The van der Waals surface area contributed by atoms with Crippen LogP contribution in [0.15, 0.2) is 12.1 Å². The van der Waals surface area contributed by atoms with E-state index < -0.39 is 0 Å². The Morgan fingerprint density at radius 3 is 2.21 bits per heavy atom. The third-order valence-corrected chi connectivity index (χ3v) is 5.46. The van der Waals surface area contributed by atoms with Gasteiger partial charge >= 0.3 is 0 Å². The van der Waals surface area contributed by atoms with Gasteiger partial charge in [-0.25, -0.2) is 0 Å². The minimum Gasteiger partial charge on any atom is -0.309 e. The molecule has 0 radical (unpaired) electrons. The van der Waals surface area contributed by atoms with Crippen molar-refractivity contribution in [2.24, 2.45) is 11.8 Å². The summed E-state index contributed by atoms with van der Waals surface area (Å²) in [6.07, 6.45) is 1.19. The van der Waals surface area contributed by atoms with E-state index >= 15 is 0 Å². The minimum atomic E-state index is 0.263. The lowest BCUT2D eigenvalue weighted by Gasteiger charge is -2.27. The highest BCUT2D eigenvalue weighted by molar-refractivity contribution is 7.12. The Hall–Kier alpha value is -0.340. The summed E-state index contributed by atoms with van der Waals surface area (Å²) in [7, 11) is 0. The number of hydrogen-bond acceptors (Lipinski definition) is 2. The van der Waals surface area contributed by atoms with E-state index in [4.69, 9.17) is 0 Å². The van der Waals surface area contributed by atoms with Crippen molar-refractivity contribution in [3.05, 3.63) is 21.9 Å². The molecule has 0 aromatic carbocycles. The molecule has 19 heavy (non-hydrogen) atoms. The Morgan fingerprint density at radius 2 is 1.79 bits per heavy atom. The molecule has 0 spiro atoms. The molecule has 2 heteroatoms. The zero-order valence-corrected chi connectivity index (χ0v) is 14.5. The lowest BCUT2D eigenvalue weighted by Crippen LogP contribution is -2.29. The molecule has 1 nitrogen and oxygen atoms in total. The first-order valence-corrected chi connectivity index (χ1v) is 8.42. The molecule has 0 aliphatic rings. The predicted octanol–water partition coefficient (Wildman–Crippen LogP) is 5.38. The van der Waals surface area contributed by atoms with Gasteiger partial charge in [0, 0.05) is 15.8 Å². The van der Waals surface area contributed by atoms with Crippen LogP contribution in [0.5, 0.6) is 0 Å². The Morgan fingerprint density at radius 1 is 1.16 bits per heavy atom. The number of hydrogen-bond donors (Lipinski definition) is 1. The minimum absolute atomic E-state index is 0.263. The molecule has 1 rings (SSSR count). The quantitative estimate of drug-likeness (QED) is 0.738. The van der Waals surface area contributed by atoms with Gasteiger partial charge in [-0.1, -0.05) is 48.5 Å². The second-order valence-electron chi connectivity index (χ2n) is 6.99. The molecule has 0 saturated heterocycles. The van der Waals surface area contributed by atoms with Crippen LogP contribution < -0.4 is 5.32 Å². The number of rotatable bonds is 6. The summed E-state index contributed by atoms with van der Waals surface area (Å²) in [6.45, 7) is 17.2. The lowest BCUT2D eigenvalue weighted by atomic mass is 9.89. The number of nitrogens with one attached hydrogen (secondary N) is 1. The fourth-order valence-electron chi connectivity index (χ4n) is 2.15. The van der Waals surface area contributed by atoms with Crippen LogP contribution in [0.4, 0.5) is 0 Å². The van der Waals surface area contributed by atoms with Gasteiger partial charge in [0.1, 0.15) is 0 Å². The summed E-state index contributed by atoms with van der Waals surface area (Å²) in [5, 5.41) is 3.74. The summed E-state index contributed by atoms with van der Waals surface area (Å²) in [4.78, 5) is 2.99. The molecule has 0 saturated carbocycles. The maximum Gasteiger partial charge on any atom is 0.0443 e. The molecule has 0 aliphatic heterocycles. The molecule has 1 N–H and O–H groups in total. The van der Waals surface area contributed by atoms with Gasteiger partial charge in [-0.05, 0) is 42.3 Å². The molecular formula is C17H31NS. The first-order valence-electron chi connectivity index (χ1n) is 7.61. The van der Waals surface area contributed by atoms with Gasteiger partial charge in [0.2, 0.25) is 0 Å². The largest absolute Gasteiger partial charge is 0.309 e. The molecule has 0 fully saturated rings. The normalized spacial score (nSPS) is 15.8. The van der Waals surface area contributed by atoms with Crippen molar-refractivity contribution in [2.45, 2.75) is 66.3 Å². The SMILES string of the molecule is CCCNC(c1ccc(C(C)(C)C)s1)C(C)C(C)C. The van der Waals surface area contributed by atoms with Crippen LogP contribution in [0.2, 0.25) is 0 Å². The van der Waals surface area contributed by atoms with E-state index in [1.54, 1.807) is 0 Å². The van der Waals surface area contributed by atoms with Gasteiger partial charge in [-0.3, -0.25) is 0 Å². The van der Waals surface area contributed by atoms with Gasteiger partial charge in [-0.2, -0.15) is 0 Å². The monoisotopic (exact) mass is 281 g/mol. The number of thiophene rings is 1. The van der Waals surface area contributed by atoms with Crippen LogP contribution >= 0.6 is 11.3 Å². The summed E-state index contributed by atoms with van der Waals surface area (Å²) in [5.41, 5.74) is 0.263. The Bertz CT molecular complexity index is 373. The zero-order chi connectivity index (χ0) is 14.6. The Balaban J connectivity index is 2.94. The van der Waals surface area contributed by atoms with Crippen LogP contribution in [-0.4, -0.2) is 6.54 Å². The fourth-order valence-corrected chi connectivity index (χ4v) is 3.41. The summed E-state index contributed by atoms with van der Waals surface area (Å²) < 4.78 is 0. The van der Waals surface area contributed by atoms with Crippen LogP contribution in [0.3, 0.4) is 0 Å². The van der Waals surface area contributed by atoms with E-state index in [9.17, 15) is 0 Å². The van der Waals surface area contributed by atoms with E-state index in [1.807, 2.05) is 11.3 Å². The van der Waals surface area contributed by atoms with Crippen molar-refractivity contribution in [3.8, 4) is 0 Å². The topological polar surface area (TPSA) is 12.0 Å². The van der Waals surface area contributed by atoms with Gasteiger partial charge in [0.05, 0.1) is 0 Å². The molecule has 2 atom stereocenters. The van der Waals surface area contributed by atoms with Gasteiger partial charge in [0.25, 0.3) is 0 Å². The molecule has 0 aliphatic carbocycles. The molecule has 1 aromatic heterocycles. The summed E-state index contributed by atoms with van der Waals surface area (Å²) in [5.74, 6) is 1.37. The van der Waals surface area contributed by atoms with Crippen molar-refractivity contribution in [3.63, 3.8) is 0 Å². The third kappa shape index (κ3) is 4.61. The summed E-state index contributed by atoms with van der Waals surface area (Å²) in [6, 6.07) is 5.14. The predicted molar refractivity (Wildman–Crippen MR) is 88.1 cm³/mol. The second kappa shape index (κ2) is 6.90. The zero-order valence-electron chi connectivity index (χ0n) is 13.7. The average Bonchev–Trinajstić information content (AvgIpc) is 2.78. The highest BCUT2D eigenvalue weighted by atomic mass is 32.1. The maximum atomic E-state index is 3.74. The van der Waals surface area contributed by atoms with Gasteiger partial charge in [-0.15, -0.1) is 11.3 Å². The summed E-state index contributed by atoms with van der Waals surface area (Å²) >= 11 is 1.98. The van der Waals surface area contributed by atoms with E-state index in [-0.39, 0.29) is 5.41 Å². The Kier molecular flexibility index (Phi) is 6.07. The van der Waals surface area contributed by atoms with Gasteiger partial charge in [0.15, 0.2) is 0 Å². The average molecular weight is 282 g/mol. The fraction of sp³-hybridized carbons (Fsp3) is 0.765. The molecule has 0 amide bonds. The van der Waals surface area contributed by atoms with Crippen LogP contribution in [0.1, 0.15) is 70.7 Å². The highest BCUT2D eigenvalue weighted by Gasteiger charge is 2.25. The van der Waals surface area contributed by atoms with Crippen LogP contribution in [0.25, 0.3) is 0 Å². The maximum absolute atomic E-state index is 3.74. The smallest absolute Gasteiger partial charge is 0.0443 e. The molecule has 2 unspecified atom stereocenters. The van der Waals surface area contributed by atoms with Crippen molar-refractivity contribution in [1.82, 2.24) is 5.32 Å². The lowest BCUT2D eigenvalue weighted by molar-refractivity contribution is 0.307. The highest BCUT2D eigenvalue weighted by Crippen LogP contribution is 2.36. The van der Waals surface area contributed by atoms with E-state index in [1.165, 1.54) is 16.2 Å². The second-order valence-corrected chi connectivity index (χ2v) is 8.10. The van der Waals surface area contributed by atoms with Crippen molar-refractivity contribution < 1.29 is 0 Å². The van der Waals surface area contributed by atoms with Gasteiger partial charge < -0.3 is 5.32 Å². The molecule has 110 valence electrons. The van der Waals surface area contributed by atoms with Crippen molar-refractivity contribution >= 4 is 11.3 Å². The van der Waals surface area contributed by atoms with Crippen LogP contribution in [0, 0.1) is 11.8 Å². The van der Waals surface area contributed by atoms with E-state index in [0.29, 0.717) is 17.9 Å². The van der Waals surface area contributed by atoms with E-state index in [2.05, 4.69) is 65.9 Å². The molecule has 1 heterocycles. The molecular weight excluding hydrogens is 250 g/mol. The standard InChI is InChI=1S/C17H31NS/c1-8-11-18-16(13(4)12(2)3)14-9-10-15(19-14)17(5,6)7/h9-10,12-13,16,18H,8,11H2,1-7H3. The first kappa shape index (κ1) is 16.7. The van der Waals surface area contributed by atoms with Crippen molar-refractivity contribution in [1.29, 1.82) is 0 Å². The van der Waals surface area contributed by atoms with Crippen molar-refractivity contribution in [2.75, 3.05) is 6.54 Å². The third-order valence-electron chi connectivity index (χ3n) is 3.86. The van der Waals surface area contributed by atoms with Crippen LogP contribution in [-0.2, 0) is 5.41 Å². The van der Waals surface area contributed by atoms with E-state index in [0.717, 1.165) is 6.54 Å². The Labute approximate surface area is 123 Å². The molecule has 0 bridgehead atoms.